The Morgan fingerprint density at radius 2 is 1.60 bits per heavy atom. The summed E-state index contributed by atoms with van der Waals surface area (Å²) in [5, 5.41) is 17.9. The fourth-order valence-corrected chi connectivity index (χ4v) is 2.96. The van der Waals surface area contributed by atoms with Gasteiger partial charge < -0.3 is 10.2 Å². The Balaban J connectivity index is 5.71. The Morgan fingerprint density at radius 3 is 1.85 bits per heavy atom. The quantitative estimate of drug-likeness (QED) is 0.410. The summed E-state index contributed by atoms with van der Waals surface area (Å²) >= 11 is 0. The van der Waals surface area contributed by atoms with Gasteiger partial charge in [0.15, 0.2) is 0 Å². The average Bonchev–Trinajstić information content (AvgIpc) is 2.26. The van der Waals surface area contributed by atoms with E-state index in [0.29, 0.717) is 0 Å². The molecule has 0 aliphatic rings. The molecule has 1 unspecified atom stereocenters. The van der Waals surface area contributed by atoms with E-state index < -0.39 is 45.6 Å². The second-order valence-corrected chi connectivity index (χ2v) is 6.20. The topological polar surface area (TPSA) is 129 Å². The minimum atomic E-state index is -5.10. The van der Waals surface area contributed by atoms with Gasteiger partial charge in [-0.05, 0) is 25.2 Å². The highest BCUT2D eigenvalue weighted by molar-refractivity contribution is 7.88. The fraction of sp³-hybridized carbons (Fsp3) is 0.500. The summed E-state index contributed by atoms with van der Waals surface area (Å²) in [7, 11) is -5.10. The second kappa shape index (κ2) is 7.20. The van der Waals surface area contributed by atoms with Crippen LogP contribution in [0.1, 0.15) is 25.7 Å². The van der Waals surface area contributed by atoms with Gasteiger partial charge >= 0.3 is 11.9 Å². The lowest BCUT2D eigenvalue weighted by Crippen LogP contribution is -2.49. The van der Waals surface area contributed by atoms with Crippen molar-refractivity contribution in [1.29, 1.82) is 0 Å². The lowest BCUT2D eigenvalue weighted by Gasteiger charge is -2.28. The largest absolute Gasteiger partial charge is 0.481 e. The minimum absolute atomic E-state index is 0.274. The minimum Gasteiger partial charge on any atom is -0.481 e. The van der Waals surface area contributed by atoms with E-state index >= 15 is 0 Å². The molecule has 114 valence electrons. The number of carbonyl (C=O) groups is 2. The van der Waals surface area contributed by atoms with Gasteiger partial charge in [0.1, 0.15) is 0 Å². The summed E-state index contributed by atoms with van der Waals surface area (Å²) in [6.07, 6.45) is 1.72. The third-order valence-corrected chi connectivity index (χ3v) is 4.41. The lowest BCUT2D eigenvalue weighted by molar-refractivity contribution is -0.147. The van der Waals surface area contributed by atoms with Crippen LogP contribution in [-0.2, 0) is 19.7 Å². The molecule has 0 aromatic rings. The molecule has 0 radical (unpaired) electrons. The van der Waals surface area contributed by atoms with Crippen molar-refractivity contribution < 1.29 is 32.8 Å². The summed E-state index contributed by atoms with van der Waals surface area (Å²) in [6.45, 7) is 6.94. The van der Waals surface area contributed by atoms with Crippen molar-refractivity contribution >= 4 is 22.1 Å². The highest BCUT2D eigenvalue weighted by Crippen LogP contribution is 2.33. The van der Waals surface area contributed by atoms with Crippen LogP contribution < -0.4 is 0 Å². The fourth-order valence-electron chi connectivity index (χ4n) is 1.99. The number of carboxylic acids is 2. The van der Waals surface area contributed by atoms with Crippen LogP contribution in [0.25, 0.3) is 0 Å². The molecule has 20 heavy (non-hydrogen) atoms. The van der Waals surface area contributed by atoms with Crippen molar-refractivity contribution in [2.24, 2.45) is 5.92 Å². The molecule has 0 rings (SSSR count). The first-order chi connectivity index (χ1) is 9.10. The molecule has 0 amide bonds. The first-order valence-electron chi connectivity index (χ1n) is 5.74. The highest BCUT2D eigenvalue weighted by Gasteiger charge is 2.53. The number of hydrogen-bond acceptors (Lipinski definition) is 4. The Morgan fingerprint density at radius 1 is 1.15 bits per heavy atom. The van der Waals surface area contributed by atoms with Crippen molar-refractivity contribution in [2.75, 3.05) is 0 Å². The van der Waals surface area contributed by atoms with E-state index in [4.69, 9.17) is 10.2 Å². The number of carboxylic acid groups (broad SMARTS) is 2. The molecule has 0 saturated carbocycles. The molecule has 1 atom stereocenters. The van der Waals surface area contributed by atoms with Crippen molar-refractivity contribution in [1.82, 2.24) is 0 Å². The van der Waals surface area contributed by atoms with Gasteiger partial charge in [0.2, 0.25) is 4.75 Å². The predicted octanol–water partition coefficient (Wildman–Crippen LogP) is 1.33. The van der Waals surface area contributed by atoms with E-state index in [9.17, 15) is 22.6 Å². The maximum Gasteiger partial charge on any atom is 0.328 e. The van der Waals surface area contributed by atoms with Crippen LogP contribution >= 0.6 is 0 Å². The molecule has 0 bridgehead atoms. The molecule has 0 aromatic carbocycles. The molecule has 0 aliphatic heterocycles. The van der Waals surface area contributed by atoms with Gasteiger partial charge in [-0.25, -0.2) is 0 Å². The van der Waals surface area contributed by atoms with Crippen LogP contribution in [0, 0.1) is 5.92 Å². The average molecular weight is 306 g/mol. The van der Waals surface area contributed by atoms with Crippen molar-refractivity contribution in [3.8, 4) is 0 Å². The zero-order valence-corrected chi connectivity index (χ0v) is 11.7. The van der Waals surface area contributed by atoms with Crippen LogP contribution in [0.4, 0.5) is 0 Å². The predicted molar refractivity (Wildman–Crippen MR) is 71.9 cm³/mol. The Labute approximate surface area is 117 Å². The zero-order chi connectivity index (χ0) is 16.0. The smallest absolute Gasteiger partial charge is 0.328 e. The number of aliphatic carboxylic acids is 2. The molecule has 0 saturated heterocycles. The monoisotopic (exact) mass is 306 g/mol. The van der Waals surface area contributed by atoms with Crippen LogP contribution in [-0.4, -0.2) is 39.9 Å². The highest BCUT2D eigenvalue weighted by atomic mass is 32.2. The van der Waals surface area contributed by atoms with E-state index in [0.717, 1.165) is 0 Å². The summed E-state index contributed by atoms with van der Waals surface area (Å²) in [4.78, 5) is 22.1. The Bertz CT molecular complexity index is 484. The Hall–Kier alpha value is -1.67. The van der Waals surface area contributed by atoms with E-state index in [1.54, 1.807) is 0 Å². The van der Waals surface area contributed by atoms with Gasteiger partial charge in [-0.3, -0.25) is 14.1 Å². The summed E-state index contributed by atoms with van der Waals surface area (Å²) in [6, 6.07) is 0. The van der Waals surface area contributed by atoms with Crippen LogP contribution in [0.2, 0.25) is 0 Å². The third-order valence-electron chi connectivity index (χ3n) is 2.94. The van der Waals surface area contributed by atoms with Gasteiger partial charge in [0, 0.05) is 0 Å². The van der Waals surface area contributed by atoms with Gasteiger partial charge in [0.25, 0.3) is 10.1 Å². The molecular weight excluding hydrogens is 288 g/mol. The molecule has 0 heterocycles. The second-order valence-electron chi connectivity index (χ2n) is 4.46. The molecule has 0 spiro atoms. The van der Waals surface area contributed by atoms with Gasteiger partial charge in [-0.15, -0.1) is 13.2 Å². The van der Waals surface area contributed by atoms with E-state index in [2.05, 4.69) is 13.2 Å². The number of allylic oxidation sites excluding steroid dienone is 2. The summed E-state index contributed by atoms with van der Waals surface area (Å²) in [5.41, 5.74) is 0. The molecule has 8 heteroatoms. The lowest BCUT2D eigenvalue weighted by atomic mass is 9.87. The summed E-state index contributed by atoms with van der Waals surface area (Å²) < 4.78 is 29.3. The van der Waals surface area contributed by atoms with Crippen molar-refractivity contribution in [2.45, 2.75) is 30.4 Å². The van der Waals surface area contributed by atoms with E-state index in [1.807, 2.05) is 0 Å². The Kier molecular flexibility index (Phi) is 6.60. The molecule has 0 fully saturated rings. The number of hydrogen-bond donors (Lipinski definition) is 3. The maximum atomic E-state index is 11.4. The van der Waals surface area contributed by atoms with Crippen LogP contribution in [0.3, 0.4) is 0 Å². The molecule has 3 N–H and O–H groups in total. The molecule has 7 nitrogen and oxygen atoms in total. The van der Waals surface area contributed by atoms with Crippen molar-refractivity contribution in [3.05, 3.63) is 25.3 Å². The standard InChI is InChI=1S/C12H18O7S/c1-3-5-9(6-4-2)7-12(11(15)16,8-10(13)14)20(17,18)19/h3-4,9H,1-2,5-8H2,(H,13,14)(H,15,16)(H,17,18,19). The van der Waals surface area contributed by atoms with Gasteiger partial charge in [0.05, 0.1) is 6.42 Å². The third kappa shape index (κ3) is 4.46. The normalized spacial score (nSPS) is 14.5. The van der Waals surface area contributed by atoms with Crippen LogP contribution in [0.15, 0.2) is 25.3 Å². The first-order valence-corrected chi connectivity index (χ1v) is 7.18. The summed E-state index contributed by atoms with van der Waals surface area (Å²) in [5.74, 6) is -4.01. The molecule has 0 aromatic heterocycles. The number of rotatable bonds is 10. The molecular formula is C12H18O7S. The first kappa shape index (κ1) is 18.3. The SMILES string of the molecule is C=CCC(CC=C)CC(CC(=O)O)(C(=O)O)S(=O)(=O)O. The van der Waals surface area contributed by atoms with E-state index in [1.165, 1.54) is 12.2 Å². The maximum absolute atomic E-state index is 11.4. The van der Waals surface area contributed by atoms with Crippen LogP contribution in [0.5, 0.6) is 0 Å². The van der Waals surface area contributed by atoms with Gasteiger partial charge in [-0.1, -0.05) is 12.2 Å². The zero-order valence-electron chi connectivity index (χ0n) is 10.9. The van der Waals surface area contributed by atoms with E-state index in [-0.39, 0.29) is 12.8 Å². The van der Waals surface area contributed by atoms with Gasteiger partial charge in [-0.2, -0.15) is 8.42 Å². The van der Waals surface area contributed by atoms with Crippen molar-refractivity contribution in [3.63, 3.8) is 0 Å². The molecule has 0 aliphatic carbocycles.